The quantitative estimate of drug-likeness (QED) is 0.358. The lowest BCUT2D eigenvalue weighted by Crippen LogP contribution is -2.41. The summed E-state index contributed by atoms with van der Waals surface area (Å²) in [5, 5.41) is 9.16. The third-order valence-corrected chi connectivity index (χ3v) is 2.02. The van der Waals surface area contributed by atoms with E-state index in [2.05, 4.69) is 19.7 Å². The van der Waals surface area contributed by atoms with Gasteiger partial charge in [-0.1, -0.05) is 19.7 Å². The molecule has 20 heavy (non-hydrogen) atoms. The van der Waals surface area contributed by atoms with Crippen LogP contribution in [0.3, 0.4) is 0 Å². The first-order valence-corrected chi connectivity index (χ1v) is 5.54. The number of aliphatic hydroxyl groups excluding tert-OH is 1. The van der Waals surface area contributed by atoms with Gasteiger partial charge in [-0.2, -0.15) is 0 Å². The highest BCUT2D eigenvalue weighted by Gasteiger charge is 2.28. The van der Waals surface area contributed by atoms with Gasteiger partial charge in [0.25, 0.3) is 0 Å². The highest BCUT2D eigenvalue weighted by molar-refractivity contribution is 5.82. The van der Waals surface area contributed by atoms with Crippen LogP contribution in [0.15, 0.2) is 38.0 Å². The van der Waals surface area contributed by atoms with Gasteiger partial charge < -0.3 is 19.3 Å². The van der Waals surface area contributed by atoms with Gasteiger partial charge in [-0.15, -0.1) is 0 Å². The van der Waals surface area contributed by atoms with E-state index in [0.717, 1.165) is 18.2 Å². The molecule has 0 aliphatic heterocycles. The van der Waals surface area contributed by atoms with Crippen LogP contribution in [0, 0.1) is 0 Å². The molecule has 0 radical (unpaired) electrons. The van der Waals surface area contributed by atoms with Crippen molar-refractivity contribution < 1.29 is 33.7 Å². The molecule has 110 valence electrons. The fraction of sp³-hybridized carbons (Fsp3) is 0.308. The summed E-state index contributed by atoms with van der Waals surface area (Å²) >= 11 is 0. The molecule has 0 saturated heterocycles. The Morgan fingerprint density at radius 1 is 0.900 bits per heavy atom. The lowest BCUT2D eigenvalue weighted by Gasteiger charge is -2.24. The molecule has 0 saturated carbocycles. The number of esters is 3. The second kappa shape index (κ2) is 9.51. The first kappa shape index (κ1) is 17.6. The summed E-state index contributed by atoms with van der Waals surface area (Å²) in [5.74, 6) is -2.40. The van der Waals surface area contributed by atoms with Crippen molar-refractivity contribution in [1.29, 1.82) is 0 Å². The van der Waals surface area contributed by atoms with E-state index in [4.69, 9.17) is 19.3 Å². The Kier molecular flexibility index (Phi) is 8.36. The standard InChI is InChI=1S/C13H16O7/c1-4-11(15)18-8-10(20-13(17)6-3)9(7-14)19-12(16)5-2/h4-6,9-10,14H,1-3,7-8H2. The summed E-state index contributed by atoms with van der Waals surface area (Å²) in [6, 6.07) is 0. The molecule has 0 aromatic carbocycles. The van der Waals surface area contributed by atoms with Crippen molar-refractivity contribution in [2.75, 3.05) is 13.2 Å². The molecule has 0 amide bonds. The Bertz CT molecular complexity index is 400. The largest absolute Gasteiger partial charge is 0.458 e. The van der Waals surface area contributed by atoms with E-state index in [1.807, 2.05) is 0 Å². The van der Waals surface area contributed by atoms with Gasteiger partial charge in [0, 0.05) is 18.2 Å². The number of aliphatic hydroxyl groups is 1. The number of carbonyl (C=O) groups excluding carboxylic acids is 3. The molecule has 0 aromatic heterocycles. The minimum Gasteiger partial charge on any atom is -0.458 e. The summed E-state index contributed by atoms with van der Waals surface area (Å²) < 4.78 is 14.3. The van der Waals surface area contributed by atoms with Gasteiger partial charge >= 0.3 is 17.9 Å². The van der Waals surface area contributed by atoms with E-state index < -0.39 is 43.3 Å². The molecule has 2 unspecified atom stereocenters. The van der Waals surface area contributed by atoms with E-state index in [1.54, 1.807) is 0 Å². The molecule has 0 aliphatic carbocycles. The van der Waals surface area contributed by atoms with Gasteiger partial charge in [-0.25, -0.2) is 14.4 Å². The van der Waals surface area contributed by atoms with Crippen LogP contribution < -0.4 is 0 Å². The van der Waals surface area contributed by atoms with Crippen LogP contribution in [0.25, 0.3) is 0 Å². The molecule has 0 fully saturated rings. The van der Waals surface area contributed by atoms with Crippen molar-refractivity contribution in [3.63, 3.8) is 0 Å². The van der Waals surface area contributed by atoms with Crippen LogP contribution in [0.1, 0.15) is 0 Å². The number of carbonyl (C=O) groups is 3. The van der Waals surface area contributed by atoms with E-state index in [9.17, 15) is 14.4 Å². The predicted molar refractivity (Wildman–Crippen MR) is 68.4 cm³/mol. The van der Waals surface area contributed by atoms with Gasteiger partial charge in [-0.05, 0) is 0 Å². The average molecular weight is 284 g/mol. The van der Waals surface area contributed by atoms with Crippen molar-refractivity contribution in [1.82, 2.24) is 0 Å². The third kappa shape index (κ3) is 6.50. The Hall–Kier alpha value is -2.41. The molecular formula is C13H16O7. The highest BCUT2D eigenvalue weighted by Crippen LogP contribution is 2.07. The summed E-state index contributed by atoms with van der Waals surface area (Å²) in [6.45, 7) is 8.54. The Labute approximate surface area is 116 Å². The van der Waals surface area contributed by atoms with Crippen molar-refractivity contribution in [3.8, 4) is 0 Å². The van der Waals surface area contributed by atoms with Crippen LogP contribution >= 0.6 is 0 Å². The van der Waals surface area contributed by atoms with E-state index in [1.165, 1.54) is 0 Å². The van der Waals surface area contributed by atoms with Crippen LogP contribution in [0.4, 0.5) is 0 Å². The van der Waals surface area contributed by atoms with Gasteiger partial charge in [-0.3, -0.25) is 0 Å². The summed E-state index contributed by atoms with van der Waals surface area (Å²) in [6.07, 6.45) is 0.285. The molecule has 0 aliphatic rings. The minimum absolute atomic E-state index is 0.417. The fourth-order valence-electron chi connectivity index (χ4n) is 1.07. The Balaban J connectivity index is 4.84. The smallest absolute Gasteiger partial charge is 0.330 e. The number of hydrogen-bond donors (Lipinski definition) is 1. The van der Waals surface area contributed by atoms with Crippen LogP contribution in [-0.2, 0) is 28.6 Å². The lowest BCUT2D eigenvalue weighted by molar-refractivity contribution is -0.172. The van der Waals surface area contributed by atoms with Gasteiger partial charge in [0.2, 0.25) is 0 Å². The monoisotopic (exact) mass is 284 g/mol. The number of hydrogen-bond acceptors (Lipinski definition) is 7. The maximum Gasteiger partial charge on any atom is 0.330 e. The third-order valence-electron chi connectivity index (χ3n) is 2.02. The molecule has 7 heteroatoms. The number of rotatable bonds is 9. The van der Waals surface area contributed by atoms with E-state index in [-0.39, 0.29) is 0 Å². The van der Waals surface area contributed by atoms with Crippen molar-refractivity contribution in [3.05, 3.63) is 38.0 Å². The topological polar surface area (TPSA) is 99.1 Å². The fourth-order valence-corrected chi connectivity index (χ4v) is 1.07. The van der Waals surface area contributed by atoms with Crippen molar-refractivity contribution in [2.24, 2.45) is 0 Å². The first-order valence-electron chi connectivity index (χ1n) is 5.54. The normalized spacial score (nSPS) is 12.4. The molecular weight excluding hydrogens is 268 g/mol. The summed E-state index contributed by atoms with van der Waals surface area (Å²) in [4.78, 5) is 33.2. The average Bonchev–Trinajstić information content (AvgIpc) is 2.47. The second-order valence-electron chi connectivity index (χ2n) is 3.38. The van der Waals surface area contributed by atoms with Gasteiger partial charge in [0.1, 0.15) is 6.61 Å². The molecule has 0 rings (SSSR count). The van der Waals surface area contributed by atoms with Gasteiger partial charge in [0.05, 0.1) is 6.61 Å². The van der Waals surface area contributed by atoms with Crippen LogP contribution in [0.2, 0.25) is 0 Å². The first-order chi connectivity index (χ1) is 9.48. The Morgan fingerprint density at radius 3 is 1.75 bits per heavy atom. The summed E-state index contributed by atoms with van der Waals surface area (Å²) in [7, 11) is 0. The SMILES string of the molecule is C=CC(=O)OCC(OC(=O)C=C)C(CO)OC(=O)C=C. The second-order valence-corrected chi connectivity index (χ2v) is 3.38. The Morgan fingerprint density at radius 2 is 1.35 bits per heavy atom. The highest BCUT2D eigenvalue weighted by atomic mass is 16.6. The van der Waals surface area contributed by atoms with E-state index in [0.29, 0.717) is 0 Å². The maximum absolute atomic E-state index is 11.2. The molecule has 0 spiro atoms. The van der Waals surface area contributed by atoms with Gasteiger partial charge in [0.15, 0.2) is 12.2 Å². The van der Waals surface area contributed by atoms with Crippen LogP contribution in [0.5, 0.6) is 0 Å². The molecule has 0 heterocycles. The molecule has 2 atom stereocenters. The maximum atomic E-state index is 11.2. The minimum atomic E-state index is -1.21. The zero-order valence-electron chi connectivity index (χ0n) is 10.8. The van der Waals surface area contributed by atoms with Crippen molar-refractivity contribution >= 4 is 17.9 Å². The van der Waals surface area contributed by atoms with E-state index >= 15 is 0 Å². The molecule has 7 nitrogen and oxygen atoms in total. The molecule has 0 aromatic rings. The zero-order chi connectivity index (χ0) is 15.5. The zero-order valence-corrected chi connectivity index (χ0v) is 10.8. The van der Waals surface area contributed by atoms with Crippen molar-refractivity contribution in [2.45, 2.75) is 12.2 Å². The van der Waals surface area contributed by atoms with Crippen LogP contribution in [-0.4, -0.2) is 48.4 Å². The molecule has 1 N–H and O–H groups in total. The molecule has 0 bridgehead atoms. The number of ether oxygens (including phenoxy) is 3. The predicted octanol–water partition coefficient (Wildman–Crippen LogP) is -0.0965. The summed E-state index contributed by atoms with van der Waals surface area (Å²) in [5.41, 5.74) is 0. The lowest BCUT2D eigenvalue weighted by atomic mass is 10.2.